The highest BCUT2D eigenvalue weighted by atomic mass is 16.5. The van der Waals surface area contributed by atoms with E-state index in [0.717, 1.165) is 25.1 Å². The molecule has 0 spiro atoms. The highest BCUT2D eigenvalue weighted by Gasteiger charge is 2.20. The third kappa shape index (κ3) is 1.78. The molecule has 1 N–H and O–H groups in total. The molecule has 14 heavy (non-hydrogen) atoms. The lowest BCUT2D eigenvalue weighted by Crippen LogP contribution is -2.24. The predicted molar refractivity (Wildman–Crippen MR) is 49.7 cm³/mol. The van der Waals surface area contributed by atoms with Crippen LogP contribution in [0.5, 0.6) is 0 Å². The average Bonchev–Trinajstić information content (AvgIpc) is 2.67. The van der Waals surface area contributed by atoms with Gasteiger partial charge in [-0.3, -0.25) is 0 Å². The van der Waals surface area contributed by atoms with Gasteiger partial charge >= 0.3 is 0 Å². The number of nitrogens with zero attached hydrogens (tertiary/aromatic N) is 3. The minimum Gasteiger partial charge on any atom is -0.387 e. The third-order valence-electron chi connectivity index (χ3n) is 2.51. The topological polar surface area (TPSA) is 60.2 Å². The fourth-order valence-corrected chi connectivity index (χ4v) is 1.75. The molecule has 1 saturated heterocycles. The fourth-order valence-electron chi connectivity index (χ4n) is 1.75. The Hall–Kier alpha value is -0.940. The first-order valence-electron chi connectivity index (χ1n) is 4.95. The zero-order chi connectivity index (χ0) is 9.97. The SMILES string of the molecule is C[C@H](O)c1cnnn1C1CCCOC1. The average molecular weight is 197 g/mol. The summed E-state index contributed by atoms with van der Waals surface area (Å²) in [6, 6.07) is 0.232. The summed E-state index contributed by atoms with van der Waals surface area (Å²) in [7, 11) is 0. The van der Waals surface area contributed by atoms with Crippen LogP contribution in [0, 0.1) is 0 Å². The van der Waals surface area contributed by atoms with Gasteiger partial charge in [0.15, 0.2) is 0 Å². The van der Waals surface area contributed by atoms with Gasteiger partial charge in [-0.15, -0.1) is 5.10 Å². The molecule has 1 aliphatic heterocycles. The minimum atomic E-state index is -0.521. The summed E-state index contributed by atoms with van der Waals surface area (Å²) in [5.41, 5.74) is 0.764. The van der Waals surface area contributed by atoms with Gasteiger partial charge in [0.05, 0.1) is 30.6 Å². The lowest BCUT2D eigenvalue weighted by atomic mass is 10.1. The molecule has 1 aliphatic rings. The summed E-state index contributed by atoms with van der Waals surface area (Å²) >= 11 is 0. The smallest absolute Gasteiger partial charge is 0.0945 e. The third-order valence-corrected chi connectivity index (χ3v) is 2.51. The molecule has 2 rings (SSSR count). The van der Waals surface area contributed by atoms with Gasteiger partial charge in [0.25, 0.3) is 0 Å². The zero-order valence-corrected chi connectivity index (χ0v) is 8.26. The van der Waals surface area contributed by atoms with Crippen LogP contribution in [0.2, 0.25) is 0 Å². The Morgan fingerprint density at radius 2 is 2.57 bits per heavy atom. The van der Waals surface area contributed by atoms with Gasteiger partial charge in [-0.25, -0.2) is 4.68 Å². The first-order valence-corrected chi connectivity index (χ1v) is 4.95. The van der Waals surface area contributed by atoms with E-state index in [9.17, 15) is 5.11 Å². The molecular weight excluding hydrogens is 182 g/mol. The molecule has 1 unspecified atom stereocenters. The number of aliphatic hydroxyl groups is 1. The zero-order valence-electron chi connectivity index (χ0n) is 8.26. The monoisotopic (exact) mass is 197 g/mol. The Kier molecular flexibility index (Phi) is 2.79. The van der Waals surface area contributed by atoms with Crippen molar-refractivity contribution in [3.05, 3.63) is 11.9 Å². The van der Waals surface area contributed by atoms with Crippen LogP contribution in [-0.2, 0) is 4.74 Å². The van der Waals surface area contributed by atoms with Crippen molar-refractivity contribution >= 4 is 0 Å². The second-order valence-corrected chi connectivity index (χ2v) is 3.65. The quantitative estimate of drug-likeness (QED) is 0.757. The second-order valence-electron chi connectivity index (χ2n) is 3.65. The Labute approximate surface area is 82.7 Å². The molecule has 5 nitrogen and oxygen atoms in total. The van der Waals surface area contributed by atoms with Crippen molar-refractivity contribution in [3.63, 3.8) is 0 Å². The van der Waals surface area contributed by atoms with Crippen LogP contribution in [0.3, 0.4) is 0 Å². The maximum Gasteiger partial charge on any atom is 0.0945 e. The first kappa shape index (κ1) is 9.61. The number of rotatable bonds is 2. The van der Waals surface area contributed by atoms with Crippen molar-refractivity contribution in [3.8, 4) is 0 Å². The number of aliphatic hydroxyl groups excluding tert-OH is 1. The van der Waals surface area contributed by atoms with Gasteiger partial charge in [0.2, 0.25) is 0 Å². The van der Waals surface area contributed by atoms with Crippen LogP contribution >= 0.6 is 0 Å². The molecule has 0 aliphatic carbocycles. The van der Waals surface area contributed by atoms with Crippen molar-refractivity contribution in [2.45, 2.75) is 31.9 Å². The predicted octanol–water partition coefficient (Wildman–Crippen LogP) is 0.683. The second kappa shape index (κ2) is 4.06. The van der Waals surface area contributed by atoms with E-state index >= 15 is 0 Å². The van der Waals surface area contributed by atoms with Crippen LogP contribution in [0.25, 0.3) is 0 Å². The highest BCUT2D eigenvalue weighted by Crippen LogP contribution is 2.22. The lowest BCUT2D eigenvalue weighted by Gasteiger charge is -2.23. The normalized spacial score (nSPS) is 24.9. The summed E-state index contributed by atoms with van der Waals surface area (Å²) in [6.07, 6.45) is 3.18. The summed E-state index contributed by atoms with van der Waals surface area (Å²) in [6.45, 7) is 3.22. The van der Waals surface area contributed by atoms with Crippen LogP contribution in [0.4, 0.5) is 0 Å². The van der Waals surface area contributed by atoms with Crippen LogP contribution in [-0.4, -0.2) is 33.3 Å². The molecular formula is C9H15N3O2. The molecule has 0 saturated carbocycles. The van der Waals surface area contributed by atoms with Crippen molar-refractivity contribution in [1.82, 2.24) is 15.0 Å². The van der Waals surface area contributed by atoms with E-state index in [1.165, 1.54) is 0 Å². The van der Waals surface area contributed by atoms with Crippen molar-refractivity contribution in [2.24, 2.45) is 0 Å². The number of aromatic nitrogens is 3. The Balaban J connectivity index is 2.17. The molecule has 0 bridgehead atoms. The molecule has 2 heterocycles. The first-order chi connectivity index (χ1) is 6.79. The largest absolute Gasteiger partial charge is 0.387 e. The van der Waals surface area contributed by atoms with Crippen LogP contribution < -0.4 is 0 Å². The van der Waals surface area contributed by atoms with Gasteiger partial charge < -0.3 is 9.84 Å². The van der Waals surface area contributed by atoms with E-state index in [1.54, 1.807) is 17.8 Å². The number of hydrogen-bond acceptors (Lipinski definition) is 4. The van der Waals surface area contributed by atoms with E-state index in [0.29, 0.717) is 6.61 Å². The van der Waals surface area contributed by atoms with Gasteiger partial charge in [-0.05, 0) is 19.8 Å². The van der Waals surface area contributed by atoms with E-state index in [-0.39, 0.29) is 6.04 Å². The summed E-state index contributed by atoms with van der Waals surface area (Å²) in [5.74, 6) is 0. The van der Waals surface area contributed by atoms with E-state index in [2.05, 4.69) is 10.3 Å². The molecule has 5 heteroatoms. The Bertz CT molecular complexity index is 292. The molecule has 1 fully saturated rings. The molecule has 0 aromatic carbocycles. The molecule has 0 radical (unpaired) electrons. The summed E-state index contributed by atoms with van der Waals surface area (Å²) in [5, 5.41) is 17.3. The highest BCUT2D eigenvalue weighted by molar-refractivity contribution is 4.99. The lowest BCUT2D eigenvalue weighted by molar-refractivity contribution is 0.0500. The molecule has 1 aromatic rings. The summed E-state index contributed by atoms with van der Waals surface area (Å²) < 4.78 is 7.15. The van der Waals surface area contributed by atoms with Crippen LogP contribution in [0.1, 0.15) is 37.6 Å². The Morgan fingerprint density at radius 1 is 1.71 bits per heavy atom. The molecule has 0 amide bonds. The van der Waals surface area contributed by atoms with Gasteiger partial charge in [0, 0.05) is 6.61 Å². The van der Waals surface area contributed by atoms with Crippen molar-refractivity contribution in [1.29, 1.82) is 0 Å². The number of ether oxygens (including phenoxy) is 1. The van der Waals surface area contributed by atoms with E-state index in [1.807, 2.05) is 0 Å². The maximum atomic E-state index is 9.48. The van der Waals surface area contributed by atoms with Gasteiger partial charge in [-0.1, -0.05) is 5.21 Å². The minimum absolute atomic E-state index is 0.232. The maximum absolute atomic E-state index is 9.48. The van der Waals surface area contributed by atoms with Gasteiger partial charge in [-0.2, -0.15) is 0 Å². The molecule has 78 valence electrons. The van der Waals surface area contributed by atoms with Gasteiger partial charge in [0.1, 0.15) is 0 Å². The van der Waals surface area contributed by atoms with Crippen molar-refractivity contribution < 1.29 is 9.84 Å². The van der Waals surface area contributed by atoms with E-state index < -0.39 is 6.10 Å². The molecule has 2 atom stereocenters. The Morgan fingerprint density at radius 3 is 3.21 bits per heavy atom. The molecule has 1 aromatic heterocycles. The number of hydrogen-bond donors (Lipinski definition) is 1. The fraction of sp³-hybridized carbons (Fsp3) is 0.778. The summed E-state index contributed by atoms with van der Waals surface area (Å²) in [4.78, 5) is 0. The standard InChI is InChI=1S/C9H15N3O2/c1-7(13)9-5-10-11-12(9)8-3-2-4-14-6-8/h5,7-8,13H,2-4,6H2,1H3/t7-,8?/m0/s1. The van der Waals surface area contributed by atoms with Crippen molar-refractivity contribution in [2.75, 3.05) is 13.2 Å². The van der Waals surface area contributed by atoms with Crippen LogP contribution in [0.15, 0.2) is 6.20 Å². The van der Waals surface area contributed by atoms with E-state index in [4.69, 9.17) is 4.74 Å².